The molecule has 148 valence electrons. The molecule has 2 aromatic heterocycles. The Hall–Kier alpha value is -1.85. The van der Waals surface area contributed by atoms with Gasteiger partial charge in [0.1, 0.15) is 16.5 Å². The third-order valence-corrected chi connectivity index (χ3v) is 6.76. The van der Waals surface area contributed by atoms with Crippen molar-refractivity contribution in [2.24, 2.45) is 0 Å². The predicted molar refractivity (Wildman–Crippen MR) is 124 cm³/mol. The molecule has 0 bridgehead atoms. The third kappa shape index (κ3) is 3.95. The maximum Gasteiger partial charge on any atom is 0.147 e. The van der Waals surface area contributed by atoms with Gasteiger partial charge in [-0.3, -0.25) is 4.57 Å². The van der Waals surface area contributed by atoms with Gasteiger partial charge < -0.3 is 0 Å². The molecule has 0 saturated carbocycles. The molecule has 0 atom stereocenters. The molecule has 7 heteroatoms. The van der Waals surface area contributed by atoms with E-state index in [1.165, 1.54) is 4.88 Å². The Bertz CT molecular complexity index is 1180. The van der Waals surface area contributed by atoms with Crippen molar-refractivity contribution in [2.45, 2.75) is 26.7 Å². The Morgan fingerprint density at radius 1 is 0.966 bits per heavy atom. The summed E-state index contributed by atoms with van der Waals surface area (Å²) in [5, 5.41) is 2.71. The third-order valence-electron chi connectivity index (χ3n) is 4.66. The number of aromatic nitrogens is 3. The number of imidazole rings is 1. The molecule has 4 aromatic rings. The fraction of sp³-hybridized carbons (Fsp3) is 0.182. The zero-order valence-electron chi connectivity index (χ0n) is 16.1. The van der Waals surface area contributed by atoms with Gasteiger partial charge in [0.2, 0.25) is 0 Å². The van der Waals surface area contributed by atoms with E-state index >= 15 is 0 Å². The summed E-state index contributed by atoms with van der Waals surface area (Å²) in [5.74, 6) is 1.16. The molecule has 0 aliphatic rings. The second kappa shape index (κ2) is 8.11. The number of hydrogen-bond donors (Lipinski definition) is 0. The highest BCUT2D eigenvalue weighted by molar-refractivity contribution is 7.15. The molecule has 0 amide bonds. The summed E-state index contributed by atoms with van der Waals surface area (Å²) < 4.78 is 2.08. The zero-order valence-corrected chi connectivity index (χ0v) is 19.2. The van der Waals surface area contributed by atoms with Crippen LogP contribution in [0.2, 0.25) is 15.1 Å². The maximum atomic E-state index is 6.53. The lowest BCUT2D eigenvalue weighted by atomic mass is 10.2. The molecule has 0 unspecified atom stereocenters. The topological polar surface area (TPSA) is 30.7 Å². The maximum absolute atomic E-state index is 6.53. The lowest BCUT2D eigenvalue weighted by Crippen LogP contribution is -2.00. The van der Waals surface area contributed by atoms with Crippen LogP contribution in [0, 0.1) is 6.92 Å². The van der Waals surface area contributed by atoms with Crippen molar-refractivity contribution in [1.82, 2.24) is 14.5 Å². The minimum Gasteiger partial charge on any atom is -0.296 e. The van der Waals surface area contributed by atoms with Gasteiger partial charge in [-0.25, -0.2) is 9.97 Å². The molecular formula is C22H18Cl3N3S. The lowest BCUT2D eigenvalue weighted by Gasteiger charge is -2.12. The Labute approximate surface area is 188 Å². The molecule has 4 rings (SSSR count). The Morgan fingerprint density at radius 3 is 2.28 bits per heavy atom. The SMILES string of the molecule is Cc1c(-c2ncc(C(C)C)s2)nc(-c2ccc(Cl)cc2Cl)n1-c1ccc(Cl)cc1. The van der Waals surface area contributed by atoms with Crippen molar-refractivity contribution in [3.8, 4) is 27.8 Å². The van der Waals surface area contributed by atoms with E-state index in [1.54, 1.807) is 17.4 Å². The van der Waals surface area contributed by atoms with Gasteiger partial charge in [0.15, 0.2) is 0 Å². The fourth-order valence-corrected chi connectivity index (χ4v) is 4.70. The number of rotatable bonds is 4. The largest absolute Gasteiger partial charge is 0.296 e. The molecule has 0 saturated heterocycles. The van der Waals surface area contributed by atoms with Gasteiger partial charge in [0, 0.05) is 32.4 Å². The quantitative estimate of drug-likeness (QED) is 0.307. The summed E-state index contributed by atoms with van der Waals surface area (Å²) in [7, 11) is 0. The molecule has 0 spiro atoms. The van der Waals surface area contributed by atoms with Crippen LogP contribution in [0.3, 0.4) is 0 Å². The van der Waals surface area contributed by atoms with Crippen LogP contribution in [0.1, 0.15) is 30.3 Å². The summed E-state index contributed by atoms with van der Waals surface area (Å²) in [5.41, 5.74) is 3.59. The molecule has 0 fully saturated rings. The molecule has 0 aliphatic heterocycles. The van der Waals surface area contributed by atoms with Crippen LogP contribution >= 0.6 is 46.1 Å². The first-order chi connectivity index (χ1) is 13.8. The number of hydrogen-bond acceptors (Lipinski definition) is 3. The molecule has 29 heavy (non-hydrogen) atoms. The van der Waals surface area contributed by atoms with E-state index in [2.05, 4.69) is 23.4 Å². The van der Waals surface area contributed by atoms with E-state index < -0.39 is 0 Å². The number of halogens is 3. The Kier molecular flexibility index (Phi) is 5.71. The molecule has 0 aliphatic carbocycles. The van der Waals surface area contributed by atoms with E-state index in [1.807, 2.05) is 49.5 Å². The van der Waals surface area contributed by atoms with Gasteiger partial charge in [-0.2, -0.15) is 0 Å². The van der Waals surface area contributed by atoms with Gasteiger partial charge in [0.25, 0.3) is 0 Å². The summed E-state index contributed by atoms with van der Waals surface area (Å²) >= 11 is 20.4. The average molecular weight is 463 g/mol. The first-order valence-corrected chi connectivity index (χ1v) is 11.1. The highest BCUT2D eigenvalue weighted by Crippen LogP contribution is 2.38. The minimum atomic E-state index is 0.421. The normalized spacial score (nSPS) is 11.4. The van der Waals surface area contributed by atoms with Crippen molar-refractivity contribution in [3.63, 3.8) is 0 Å². The molecule has 0 N–H and O–H groups in total. The highest BCUT2D eigenvalue weighted by atomic mass is 35.5. The van der Waals surface area contributed by atoms with Gasteiger partial charge in [-0.05, 0) is 55.3 Å². The summed E-state index contributed by atoms with van der Waals surface area (Å²) in [6, 6.07) is 13.1. The first kappa shape index (κ1) is 20.4. The monoisotopic (exact) mass is 461 g/mol. The van der Waals surface area contributed by atoms with Crippen molar-refractivity contribution >= 4 is 46.1 Å². The second-order valence-corrected chi connectivity index (χ2v) is 9.37. The van der Waals surface area contributed by atoms with Crippen molar-refractivity contribution < 1.29 is 0 Å². The zero-order chi connectivity index (χ0) is 20.7. The number of thiazole rings is 1. The van der Waals surface area contributed by atoms with E-state index in [0.717, 1.165) is 33.5 Å². The van der Waals surface area contributed by atoms with Crippen LogP contribution in [0.15, 0.2) is 48.7 Å². The van der Waals surface area contributed by atoms with Gasteiger partial charge in [-0.15, -0.1) is 11.3 Å². The van der Waals surface area contributed by atoms with Crippen LogP contribution in [-0.2, 0) is 0 Å². The Balaban J connectivity index is 1.96. The smallest absolute Gasteiger partial charge is 0.147 e. The van der Waals surface area contributed by atoms with E-state index in [0.29, 0.717) is 21.0 Å². The van der Waals surface area contributed by atoms with Gasteiger partial charge in [0.05, 0.1) is 10.7 Å². The van der Waals surface area contributed by atoms with Crippen LogP contribution in [0.5, 0.6) is 0 Å². The molecule has 2 heterocycles. The van der Waals surface area contributed by atoms with E-state index in [4.69, 9.17) is 39.8 Å². The average Bonchev–Trinajstić information content (AvgIpc) is 3.28. The van der Waals surface area contributed by atoms with Crippen molar-refractivity contribution in [1.29, 1.82) is 0 Å². The van der Waals surface area contributed by atoms with Crippen LogP contribution in [0.4, 0.5) is 0 Å². The van der Waals surface area contributed by atoms with E-state index in [-0.39, 0.29) is 0 Å². The number of benzene rings is 2. The minimum absolute atomic E-state index is 0.421. The van der Waals surface area contributed by atoms with Gasteiger partial charge >= 0.3 is 0 Å². The highest BCUT2D eigenvalue weighted by Gasteiger charge is 2.22. The van der Waals surface area contributed by atoms with E-state index in [9.17, 15) is 0 Å². The standard InChI is InChI=1S/C22H18Cl3N3S/c1-12(2)19-11-26-22(29-19)20-13(3)28(16-7-4-14(23)5-8-16)21(27-20)17-9-6-15(24)10-18(17)25/h4-12H,1-3H3. The lowest BCUT2D eigenvalue weighted by molar-refractivity contribution is 0.885. The van der Waals surface area contributed by atoms with Crippen LogP contribution < -0.4 is 0 Å². The number of nitrogens with zero attached hydrogens (tertiary/aromatic N) is 3. The molecule has 3 nitrogen and oxygen atoms in total. The predicted octanol–water partition coefficient (Wildman–Crippen LogP) is 8.05. The summed E-state index contributed by atoms with van der Waals surface area (Å²) in [4.78, 5) is 10.8. The van der Waals surface area contributed by atoms with Crippen LogP contribution in [0.25, 0.3) is 27.8 Å². The fourth-order valence-electron chi connectivity index (χ4n) is 3.12. The van der Waals surface area contributed by atoms with Crippen LogP contribution in [-0.4, -0.2) is 14.5 Å². The summed E-state index contributed by atoms with van der Waals surface area (Å²) in [6.07, 6.45) is 1.93. The Morgan fingerprint density at radius 2 is 1.66 bits per heavy atom. The molecule has 2 aromatic carbocycles. The summed E-state index contributed by atoms with van der Waals surface area (Å²) in [6.45, 7) is 6.37. The van der Waals surface area contributed by atoms with Gasteiger partial charge in [-0.1, -0.05) is 48.7 Å². The first-order valence-electron chi connectivity index (χ1n) is 9.12. The molecule has 0 radical (unpaired) electrons. The molecular weight excluding hydrogens is 445 g/mol. The second-order valence-electron chi connectivity index (χ2n) is 7.03. The van der Waals surface area contributed by atoms with Crippen molar-refractivity contribution in [2.75, 3.05) is 0 Å². The van der Waals surface area contributed by atoms with Crippen molar-refractivity contribution in [3.05, 3.63) is 74.3 Å².